The monoisotopic (exact) mass is 356 g/mol. The number of anilines is 1. The van der Waals surface area contributed by atoms with E-state index in [0.29, 0.717) is 4.47 Å². The van der Waals surface area contributed by atoms with Gasteiger partial charge in [0.2, 0.25) is 5.91 Å². The van der Waals surface area contributed by atoms with Crippen LogP contribution in [0.15, 0.2) is 16.6 Å². The van der Waals surface area contributed by atoms with E-state index in [1.165, 1.54) is 18.9 Å². The van der Waals surface area contributed by atoms with Gasteiger partial charge < -0.3 is 10.2 Å². The smallest absolute Gasteiger partial charge is 0.244 e. The first-order chi connectivity index (χ1) is 9.99. The number of benzene rings is 1. The zero-order valence-corrected chi connectivity index (χ0v) is 14.2. The average Bonchev–Trinajstić information content (AvgIpc) is 2.72. The average molecular weight is 357 g/mol. The molecule has 0 saturated carbocycles. The molecule has 1 amide bonds. The Bertz CT molecular complexity index is 513. The molecule has 1 aliphatic rings. The van der Waals surface area contributed by atoms with Crippen molar-refractivity contribution in [3.8, 4) is 0 Å². The first-order valence-corrected chi connectivity index (χ1v) is 8.29. The fourth-order valence-corrected chi connectivity index (χ4v) is 3.01. The minimum Gasteiger partial charge on any atom is -0.374 e. The summed E-state index contributed by atoms with van der Waals surface area (Å²) in [5.41, 5.74) is 1.59. The fraction of sp³-hybridized carbons (Fsp3) is 0.562. The number of amides is 1. The van der Waals surface area contributed by atoms with Crippen LogP contribution in [0.3, 0.4) is 0 Å². The van der Waals surface area contributed by atoms with Gasteiger partial charge in [-0.25, -0.2) is 4.39 Å². The van der Waals surface area contributed by atoms with Crippen molar-refractivity contribution in [1.82, 2.24) is 4.90 Å². The van der Waals surface area contributed by atoms with Crippen molar-refractivity contribution in [1.29, 1.82) is 0 Å². The normalized spacial score (nSPS) is 17.2. The molecule has 1 fully saturated rings. The van der Waals surface area contributed by atoms with Crippen molar-refractivity contribution < 1.29 is 9.18 Å². The molecule has 1 aromatic carbocycles. The van der Waals surface area contributed by atoms with Gasteiger partial charge in [0, 0.05) is 18.8 Å². The molecule has 1 aromatic rings. The van der Waals surface area contributed by atoms with Gasteiger partial charge in [-0.05, 0) is 60.3 Å². The molecule has 0 aliphatic carbocycles. The summed E-state index contributed by atoms with van der Waals surface area (Å²) in [5.74, 6) is -0.165. The molecule has 1 unspecified atom stereocenters. The molecule has 1 N–H and O–H groups in total. The maximum Gasteiger partial charge on any atom is 0.244 e. The number of nitrogens with one attached hydrogen (secondary N) is 1. The van der Waals surface area contributed by atoms with Crippen molar-refractivity contribution in [2.45, 2.75) is 45.6 Å². The van der Waals surface area contributed by atoms with Gasteiger partial charge in [-0.3, -0.25) is 4.79 Å². The molecule has 0 bridgehead atoms. The molecular formula is C16H22BrFN2O. The Hall–Kier alpha value is -1.10. The van der Waals surface area contributed by atoms with Crippen molar-refractivity contribution in [3.05, 3.63) is 28.0 Å². The third-order valence-electron chi connectivity index (χ3n) is 3.93. The van der Waals surface area contributed by atoms with E-state index in [-0.39, 0.29) is 17.8 Å². The second-order valence-corrected chi connectivity index (χ2v) is 6.54. The minimum atomic E-state index is -0.306. The Morgan fingerprint density at radius 3 is 2.52 bits per heavy atom. The van der Waals surface area contributed by atoms with Gasteiger partial charge in [0.25, 0.3) is 0 Å². The Morgan fingerprint density at radius 1 is 1.29 bits per heavy atom. The molecule has 0 aromatic heterocycles. The number of rotatable bonds is 3. The van der Waals surface area contributed by atoms with E-state index < -0.39 is 0 Å². The first kappa shape index (κ1) is 16.3. The predicted molar refractivity (Wildman–Crippen MR) is 87.0 cm³/mol. The van der Waals surface area contributed by atoms with Crippen LogP contribution in [-0.4, -0.2) is 29.9 Å². The summed E-state index contributed by atoms with van der Waals surface area (Å²) in [6.07, 6.45) is 4.57. The van der Waals surface area contributed by atoms with Crippen LogP contribution in [0.5, 0.6) is 0 Å². The molecule has 2 rings (SSSR count). The highest BCUT2D eigenvalue weighted by Crippen LogP contribution is 2.25. The summed E-state index contributed by atoms with van der Waals surface area (Å²) in [6.45, 7) is 5.39. The highest BCUT2D eigenvalue weighted by atomic mass is 79.9. The second-order valence-electron chi connectivity index (χ2n) is 5.69. The SMILES string of the molecule is Cc1cc(F)c(Br)cc1NC(C)C(=O)N1CCCCCC1. The molecule has 1 atom stereocenters. The van der Waals surface area contributed by atoms with Crippen LogP contribution in [0, 0.1) is 12.7 Å². The van der Waals surface area contributed by atoms with Crippen molar-refractivity contribution in [2.24, 2.45) is 0 Å². The third-order valence-corrected chi connectivity index (χ3v) is 4.54. The summed E-state index contributed by atoms with van der Waals surface area (Å²) < 4.78 is 13.8. The maximum atomic E-state index is 13.4. The molecule has 0 radical (unpaired) electrons. The fourth-order valence-electron chi connectivity index (χ4n) is 2.66. The van der Waals surface area contributed by atoms with Crippen molar-refractivity contribution in [2.75, 3.05) is 18.4 Å². The summed E-state index contributed by atoms with van der Waals surface area (Å²) in [7, 11) is 0. The molecule has 3 nitrogen and oxygen atoms in total. The Kier molecular flexibility index (Phi) is 5.62. The number of halogens is 2. The van der Waals surface area contributed by atoms with Gasteiger partial charge in [-0.15, -0.1) is 0 Å². The van der Waals surface area contributed by atoms with Crippen LogP contribution < -0.4 is 5.32 Å². The number of likely N-dealkylation sites (tertiary alicyclic amines) is 1. The third kappa shape index (κ3) is 4.19. The van der Waals surface area contributed by atoms with Gasteiger partial charge in [-0.1, -0.05) is 12.8 Å². The minimum absolute atomic E-state index is 0.122. The Labute approximate surface area is 134 Å². The Morgan fingerprint density at radius 2 is 1.90 bits per heavy atom. The molecule has 1 saturated heterocycles. The van der Waals surface area contributed by atoms with E-state index in [2.05, 4.69) is 21.2 Å². The van der Waals surface area contributed by atoms with Crippen LogP contribution in [0.2, 0.25) is 0 Å². The summed E-state index contributed by atoms with van der Waals surface area (Å²) in [6, 6.07) is 2.85. The maximum absolute atomic E-state index is 13.4. The van der Waals surface area contributed by atoms with E-state index in [1.807, 2.05) is 18.7 Å². The van der Waals surface area contributed by atoms with E-state index in [9.17, 15) is 9.18 Å². The molecule has 0 spiro atoms. The van der Waals surface area contributed by atoms with Gasteiger partial charge >= 0.3 is 0 Å². The van der Waals surface area contributed by atoms with E-state index in [0.717, 1.165) is 37.2 Å². The summed E-state index contributed by atoms with van der Waals surface area (Å²) in [5, 5.41) is 3.21. The van der Waals surface area contributed by atoms with Crippen LogP contribution in [0.1, 0.15) is 38.2 Å². The standard InChI is InChI=1S/C16H22BrFN2O/c1-11-9-14(18)13(17)10-15(11)19-12(2)16(21)20-7-5-3-4-6-8-20/h9-10,12,19H,3-8H2,1-2H3. The summed E-state index contributed by atoms with van der Waals surface area (Å²) in [4.78, 5) is 14.4. The second kappa shape index (κ2) is 7.25. The topological polar surface area (TPSA) is 32.3 Å². The molecule has 5 heteroatoms. The lowest BCUT2D eigenvalue weighted by Gasteiger charge is -2.25. The number of aryl methyl sites for hydroxylation is 1. The number of carbonyl (C=O) groups excluding carboxylic acids is 1. The molecule has 116 valence electrons. The van der Waals surface area contributed by atoms with E-state index >= 15 is 0 Å². The lowest BCUT2D eigenvalue weighted by atomic mass is 10.1. The zero-order chi connectivity index (χ0) is 15.4. The van der Waals surface area contributed by atoms with Crippen LogP contribution in [-0.2, 0) is 4.79 Å². The largest absolute Gasteiger partial charge is 0.374 e. The van der Waals surface area contributed by atoms with Gasteiger partial charge in [-0.2, -0.15) is 0 Å². The van der Waals surface area contributed by atoms with E-state index in [4.69, 9.17) is 0 Å². The zero-order valence-electron chi connectivity index (χ0n) is 12.6. The van der Waals surface area contributed by atoms with Crippen molar-refractivity contribution >= 4 is 27.5 Å². The van der Waals surface area contributed by atoms with Crippen LogP contribution in [0.25, 0.3) is 0 Å². The molecule has 1 heterocycles. The van der Waals surface area contributed by atoms with Crippen LogP contribution in [0.4, 0.5) is 10.1 Å². The highest BCUT2D eigenvalue weighted by molar-refractivity contribution is 9.10. The summed E-state index contributed by atoms with van der Waals surface area (Å²) >= 11 is 3.18. The predicted octanol–water partition coefficient (Wildman–Crippen LogP) is 4.10. The lowest BCUT2D eigenvalue weighted by molar-refractivity contribution is -0.131. The highest BCUT2D eigenvalue weighted by Gasteiger charge is 2.21. The first-order valence-electron chi connectivity index (χ1n) is 7.50. The quantitative estimate of drug-likeness (QED) is 0.883. The number of nitrogens with zero attached hydrogens (tertiary/aromatic N) is 1. The van der Waals surface area contributed by atoms with Crippen molar-refractivity contribution in [3.63, 3.8) is 0 Å². The van der Waals surface area contributed by atoms with Crippen LogP contribution >= 0.6 is 15.9 Å². The van der Waals surface area contributed by atoms with Gasteiger partial charge in [0.15, 0.2) is 0 Å². The van der Waals surface area contributed by atoms with Gasteiger partial charge in [0.05, 0.1) is 4.47 Å². The number of carbonyl (C=O) groups is 1. The van der Waals surface area contributed by atoms with Gasteiger partial charge in [0.1, 0.15) is 11.9 Å². The molecule has 1 aliphatic heterocycles. The number of hydrogen-bond acceptors (Lipinski definition) is 2. The van der Waals surface area contributed by atoms with E-state index in [1.54, 1.807) is 6.07 Å². The number of hydrogen-bond donors (Lipinski definition) is 1. The molecular weight excluding hydrogens is 335 g/mol. The lowest BCUT2D eigenvalue weighted by Crippen LogP contribution is -2.42. The molecule has 21 heavy (non-hydrogen) atoms. The Balaban J connectivity index is 2.04.